The average Bonchev–Trinajstić information content (AvgIpc) is 2.32. The van der Waals surface area contributed by atoms with Crippen molar-refractivity contribution in [3.63, 3.8) is 0 Å². The zero-order chi connectivity index (χ0) is 14.0. The highest BCUT2D eigenvalue weighted by molar-refractivity contribution is 6.42. The fourth-order valence-electron chi connectivity index (χ4n) is 1.65. The van der Waals surface area contributed by atoms with E-state index in [4.69, 9.17) is 46.4 Å². The van der Waals surface area contributed by atoms with Crippen molar-refractivity contribution in [2.45, 2.75) is 6.42 Å². The van der Waals surface area contributed by atoms with E-state index in [-0.39, 0.29) is 12.2 Å². The van der Waals surface area contributed by atoms with E-state index >= 15 is 0 Å². The first-order chi connectivity index (χ1) is 8.95. The number of halogens is 4. The van der Waals surface area contributed by atoms with E-state index in [0.29, 0.717) is 25.7 Å². The first-order valence-electron chi connectivity index (χ1n) is 5.39. The molecular weight excluding hydrogens is 326 g/mol. The van der Waals surface area contributed by atoms with Gasteiger partial charge in [0, 0.05) is 22.0 Å². The van der Waals surface area contributed by atoms with Crippen LogP contribution < -0.4 is 0 Å². The Hall–Kier alpha value is -0.730. The largest absolute Gasteiger partial charge is 0.294 e. The number of carbonyl (C=O) groups excluding carboxylic acids is 1. The van der Waals surface area contributed by atoms with Crippen molar-refractivity contribution in [1.82, 2.24) is 0 Å². The van der Waals surface area contributed by atoms with E-state index in [0.717, 1.165) is 5.56 Å². The molecule has 0 saturated heterocycles. The van der Waals surface area contributed by atoms with E-state index in [9.17, 15) is 4.79 Å². The van der Waals surface area contributed by atoms with Gasteiger partial charge in [0.1, 0.15) is 0 Å². The normalized spacial score (nSPS) is 10.5. The molecule has 0 aliphatic carbocycles. The van der Waals surface area contributed by atoms with Crippen LogP contribution in [0.2, 0.25) is 20.1 Å². The zero-order valence-corrected chi connectivity index (χ0v) is 12.6. The molecule has 19 heavy (non-hydrogen) atoms. The second kappa shape index (κ2) is 6.15. The summed E-state index contributed by atoms with van der Waals surface area (Å²) < 4.78 is 0. The lowest BCUT2D eigenvalue weighted by Gasteiger charge is -2.04. The molecule has 0 N–H and O–H groups in total. The van der Waals surface area contributed by atoms with Crippen molar-refractivity contribution in [2.24, 2.45) is 0 Å². The lowest BCUT2D eigenvalue weighted by Crippen LogP contribution is -2.03. The van der Waals surface area contributed by atoms with Crippen molar-refractivity contribution in [1.29, 1.82) is 0 Å². The summed E-state index contributed by atoms with van der Waals surface area (Å²) in [5.74, 6) is -0.0808. The molecule has 1 nitrogen and oxygen atoms in total. The van der Waals surface area contributed by atoms with Crippen LogP contribution in [0.4, 0.5) is 0 Å². The van der Waals surface area contributed by atoms with Gasteiger partial charge in [-0.3, -0.25) is 4.79 Å². The monoisotopic (exact) mass is 332 g/mol. The summed E-state index contributed by atoms with van der Waals surface area (Å²) in [5.41, 5.74) is 1.26. The van der Waals surface area contributed by atoms with Crippen LogP contribution in [0.25, 0.3) is 0 Å². The number of benzene rings is 2. The van der Waals surface area contributed by atoms with Crippen LogP contribution in [0.15, 0.2) is 36.4 Å². The molecule has 0 aliphatic rings. The van der Waals surface area contributed by atoms with Gasteiger partial charge in [-0.1, -0.05) is 52.5 Å². The molecule has 0 aromatic heterocycles. The summed E-state index contributed by atoms with van der Waals surface area (Å²) in [6.45, 7) is 0. The highest BCUT2D eigenvalue weighted by Gasteiger charge is 2.10. The van der Waals surface area contributed by atoms with Gasteiger partial charge in [-0.25, -0.2) is 0 Å². The number of ketones is 1. The van der Waals surface area contributed by atoms with Crippen molar-refractivity contribution in [3.05, 3.63) is 67.6 Å². The van der Waals surface area contributed by atoms with Crippen molar-refractivity contribution in [2.75, 3.05) is 0 Å². The summed E-state index contributed by atoms with van der Waals surface area (Å²) in [5, 5.41) is 1.76. The van der Waals surface area contributed by atoms with Gasteiger partial charge in [0.2, 0.25) is 0 Å². The van der Waals surface area contributed by atoms with Crippen LogP contribution in [-0.2, 0) is 6.42 Å². The Morgan fingerprint density at radius 3 is 2.05 bits per heavy atom. The minimum Gasteiger partial charge on any atom is -0.294 e. The molecule has 0 unspecified atom stereocenters. The summed E-state index contributed by atoms with van der Waals surface area (Å²) in [7, 11) is 0. The number of hydrogen-bond acceptors (Lipinski definition) is 1. The molecule has 0 atom stereocenters. The molecule has 98 valence electrons. The Morgan fingerprint density at radius 2 is 1.47 bits per heavy atom. The molecule has 2 aromatic rings. The number of hydrogen-bond donors (Lipinski definition) is 0. The third-order valence-electron chi connectivity index (χ3n) is 2.53. The first-order valence-corrected chi connectivity index (χ1v) is 6.90. The van der Waals surface area contributed by atoms with Crippen LogP contribution in [0.1, 0.15) is 15.9 Å². The topological polar surface area (TPSA) is 17.1 Å². The van der Waals surface area contributed by atoms with Crippen LogP contribution >= 0.6 is 46.4 Å². The highest BCUT2D eigenvalue weighted by Crippen LogP contribution is 2.24. The molecular formula is C14H8Cl4O. The number of carbonyl (C=O) groups is 1. The van der Waals surface area contributed by atoms with Gasteiger partial charge in [-0.05, 0) is 35.9 Å². The van der Waals surface area contributed by atoms with Crippen LogP contribution in [0.3, 0.4) is 0 Å². The summed E-state index contributed by atoms with van der Waals surface area (Å²) in [6.07, 6.45) is 0.216. The predicted molar refractivity (Wildman–Crippen MR) is 81.0 cm³/mol. The molecule has 2 rings (SSSR count). The quantitative estimate of drug-likeness (QED) is 0.656. The lowest BCUT2D eigenvalue weighted by molar-refractivity contribution is 0.0993. The molecule has 0 saturated carbocycles. The van der Waals surface area contributed by atoms with E-state index in [1.807, 2.05) is 0 Å². The minimum absolute atomic E-state index is 0.0808. The molecule has 5 heteroatoms. The third-order valence-corrected chi connectivity index (χ3v) is 3.71. The molecule has 0 fully saturated rings. The van der Waals surface area contributed by atoms with Crippen molar-refractivity contribution < 1.29 is 4.79 Å². The minimum atomic E-state index is -0.0808. The highest BCUT2D eigenvalue weighted by atomic mass is 35.5. The van der Waals surface area contributed by atoms with Gasteiger partial charge < -0.3 is 0 Å². The Kier molecular flexibility index (Phi) is 4.75. The Morgan fingerprint density at radius 1 is 0.842 bits per heavy atom. The second-order valence-electron chi connectivity index (χ2n) is 4.01. The predicted octanol–water partition coefficient (Wildman–Crippen LogP) is 5.73. The Balaban J connectivity index is 2.22. The van der Waals surface area contributed by atoms with Gasteiger partial charge in [0.15, 0.2) is 5.78 Å². The Labute approximate surface area is 131 Å². The first kappa shape index (κ1) is 14.7. The molecule has 0 bridgehead atoms. The van der Waals surface area contributed by atoms with Gasteiger partial charge in [0.25, 0.3) is 0 Å². The summed E-state index contributed by atoms with van der Waals surface area (Å²) >= 11 is 23.5. The number of Topliss-reactive ketones (excluding diaryl/α,β-unsaturated/α-hetero) is 1. The van der Waals surface area contributed by atoms with Crippen LogP contribution in [-0.4, -0.2) is 5.78 Å². The molecule has 2 aromatic carbocycles. The van der Waals surface area contributed by atoms with E-state index in [1.165, 1.54) is 0 Å². The average molecular weight is 334 g/mol. The fourth-order valence-corrected chi connectivity index (χ4v) is 2.50. The SMILES string of the molecule is O=C(Cc1ccc(Cl)c(Cl)c1)c1cc(Cl)cc(Cl)c1. The van der Waals surface area contributed by atoms with Crippen LogP contribution in [0, 0.1) is 0 Å². The lowest BCUT2D eigenvalue weighted by atomic mass is 10.0. The van der Waals surface area contributed by atoms with Gasteiger partial charge in [-0.15, -0.1) is 0 Å². The smallest absolute Gasteiger partial charge is 0.167 e. The second-order valence-corrected chi connectivity index (χ2v) is 5.69. The molecule has 0 spiro atoms. The van der Waals surface area contributed by atoms with Crippen LogP contribution in [0.5, 0.6) is 0 Å². The maximum absolute atomic E-state index is 12.1. The van der Waals surface area contributed by atoms with Gasteiger partial charge >= 0.3 is 0 Å². The van der Waals surface area contributed by atoms with Gasteiger partial charge in [-0.2, -0.15) is 0 Å². The third kappa shape index (κ3) is 3.87. The summed E-state index contributed by atoms with van der Waals surface area (Å²) in [6, 6.07) is 9.86. The molecule has 0 heterocycles. The zero-order valence-electron chi connectivity index (χ0n) is 9.59. The molecule has 0 amide bonds. The van der Waals surface area contributed by atoms with E-state index in [2.05, 4.69) is 0 Å². The van der Waals surface area contributed by atoms with Crippen molar-refractivity contribution >= 4 is 52.2 Å². The molecule has 0 aliphatic heterocycles. The Bertz CT molecular complexity index is 617. The molecule has 0 radical (unpaired) electrons. The fraction of sp³-hybridized carbons (Fsp3) is 0.0714. The van der Waals surface area contributed by atoms with Crippen molar-refractivity contribution in [3.8, 4) is 0 Å². The number of rotatable bonds is 3. The van der Waals surface area contributed by atoms with E-state index in [1.54, 1.807) is 36.4 Å². The van der Waals surface area contributed by atoms with Gasteiger partial charge in [0.05, 0.1) is 10.0 Å². The maximum Gasteiger partial charge on any atom is 0.167 e. The summed E-state index contributed by atoms with van der Waals surface area (Å²) in [4.78, 5) is 12.1. The standard InChI is InChI=1S/C14H8Cl4O/c15-10-5-9(6-11(16)7-10)14(19)4-8-1-2-12(17)13(18)3-8/h1-3,5-7H,4H2. The van der Waals surface area contributed by atoms with E-state index < -0.39 is 0 Å². The maximum atomic E-state index is 12.1.